The molecule has 0 spiro atoms. The summed E-state index contributed by atoms with van der Waals surface area (Å²) in [7, 11) is 1.66. The molecule has 168 valence electrons. The number of hydrogen-bond acceptors (Lipinski definition) is 6. The van der Waals surface area contributed by atoms with Gasteiger partial charge in [0, 0.05) is 37.5 Å². The molecule has 0 unspecified atom stereocenters. The first kappa shape index (κ1) is 23.0. The van der Waals surface area contributed by atoms with E-state index >= 15 is 0 Å². The van der Waals surface area contributed by atoms with Gasteiger partial charge in [0.1, 0.15) is 5.75 Å². The van der Waals surface area contributed by atoms with Crippen molar-refractivity contribution in [2.24, 2.45) is 0 Å². The van der Waals surface area contributed by atoms with Crippen molar-refractivity contribution in [3.8, 4) is 17.0 Å². The summed E-state index contributed by atoms with van der Waals surface area (Å²) < 4.78 is 17.1. The standard InChI is InChI=1S/C24H27N3O5/c1-3-31-24(29)25-20-9-4-7-18(15-20)17-27-23(28)12-11-22(26-27)19-8-5-10-21(16-19)32-14-6-13-30-2/h4-5,7-12,15-16H,3,6,13-14,17H2,1-2H3,(H,25,29). The molecule has 8 heteroatoms. The monoisotopic (exact) mass is 437 g/mol. The summed E-state index contributed by atoms with van der Waals surface area (Å²) in [5, 5.41) is 7.19. The first-order chi connectivity index (χ1) is 15.6. The minimum atomic E-state index is -0.522. The van der Waals surface area contributed by atoms with Crippen LogP contribution in [0.15, 0.2) is 65.5 Å². The van der Waals surface area contributed by atoms with E-state index in [4.69, 9.17) is 14.2 Å². The molecule has 0 bridgehead atoms. The second-order valence-corrected chi connectivity index (χ2v) is 6.98. The molecular weight excluding hydrogens is 410 g/mol. The summed E-state index contributed by atoms with van der Waals surface area (Å²) in [6, 6.07) is 18.0. The van der Waals surface area contributed by atoms with Crippen molar-refractivity contribution >= 4 is 11.8 Å². The summed E-state index contributed by atoms with van der Waals surface area (Å²) >= 11 is 0. The highest BCUT2D eigenvalue weighted by molar-refractivity contribution is 5.84. The molecule has 1 amide bonds. The van der Waals surface area contributed by atoms with Gasteiger partial charge in [0.2, 0.25) is 0 Å². The van der Waals surface area contributed by atoms with E-state index in [1.54, 1.807) is 38.3 Å². The van der Waals surface area contributed by atoms with Gasteiger partial charge in [-0.2, -0.15) is 5.10 Å². The minimum Gasteiger partial charge on any atom is -0.493 e. The molecule has 2 aromatic carbocycles. The van der Waals surface area contributed by atoms with Crippen molar-refractivity contribution in [2.45, 2.75) is 19.9 Å². The third kappa shape index (κ3) is 6.68. The quantitative estimate of drug-likeness (QED) is 0.483. The van der Waals surface area contributed by atoms with Crippen LogP contribution in [0.4, 0.5) is 10.5 Å². The third-order valence-electron chi connectivity index (χ3n) is 4.54. The van der Waals surface area contributed by atoms with Gasteiger partial charge in [0.05, 0.1) is 25.5 Å². The van der Waals surface area contributed by atoms with Crippen molar-refractivity contribution in [1.29, 1.82) is 0 Å². The van der Waals surface area contributed by atoms with Crippen LogP contribution in [-0.4, -0.2) is 42.8 Å². The van der Waals surface area contributed by atoms with Crippen LogP contribution in [0, 0.1) is 0 Å². The molecular formula is C24H27N3O5. The zero-order valence-corrected chi connectivity index (χ0v) is 18.2. The van der Waals surface area contributed by atoms with Crippen molar-refractivity contribution in [2.75, 3.05) is 32.2 Å². The SMILES string of the molecule is CCOC(=O)Nc1cccc(Cn2nc(-c3cccc(OCCCOC)c3)ccc2=O)c1. The summed E-state index contributed by atoms with van der Waals surface area (Å²) in [6.45, 7) is 3.49. The van der Waals surface area contributed by atoms with Crippen molar-refractivity contribution in [3.63, 3.8) is 0 Å². The second kappa shape index (κ2) is 11.7. The molecule has 3 aromatic rings. The molecule has 0 saturated carbocycles. The highest BCUT2D eigenvalue weighted by atomic mass is 16.5. The van der Waals surface area contributed by atoms with Crippen LogP contribution < -0.4 is 15.6 Å². The minimum absolute atomic E-state index is 0.218. The number of anilines is 1. The number of methoxy groups -OCH3 is 1. The van der Waals surface area contributed by atoms with Gasteiger partial charge >= 0.3 is 6.09 Å². The molecule has 0 aliphatic carbocycles. The second-order valence-electron chi connectivity index (χ2n) is 6.98. The lowest BCUT2D eigenvalue weighted by molar-refractivity contribution is 0.168. The number of carbonyl (C=O) groups is 1. The molecule has 0 aliphatic rings. The number of rotatable bonds is 10. The van der Waals surface area contributed by atoms with E-state index in [0.29, 0.717) is 24.6 Å². The molecule has 1 heterocycles. The first-order valence-electron chi connectivity index (χ1n) is 10.4. The number of aromatic nitrogens is 2. The Morgan fingerprint density at radius 1 is 1.06 bits per heavy atom. The van der Waals surface area contributed by atoms with Crippen LogP contribution in [0.5, 0.6) is 5.75 Å². The Morgan fingerprint density at radius 3 is 2.72 bits per heavy atom. The summed E-state index contributed by atoms with van der Waals surface area (Å²) in [4.78, 5) is 24.0. The topological polar surface area (TPSA) is 91.7 Å². The van der Waals surface area contributed by atoms with E-state index in [2.05, 4.69) is 10.4 Å². The Kier molecular flexibility index (Phi) is 8.39. The van der Waals surface area contributed by atoms with Gasteiger partial charge in [0.25, 0.3) is 5.56 Å². The average Bonchev–Trinajstić information content (AvgIpc) is 2.79. The lowest BCUT2D eigenvalue weighted by atomic mass is 10.1. The van der Waals surface area contributed by atoms with Gasteiger partial charge in [-0.3, -0.25) is 10.1 Å². The van der Waals surface area contributed by atoms with Gasteiger partial charge < -0.3 is 14.2 Å². The molecule has 0 atom stereocenters. The number of carbonyl (C=O) groups excluding carboxylic acids is 1. The van der Waals surface area contributed by atoms with Gasteiger partial charge in [-0.25, -0.2) is 9.48 Å². The fourth-order valence-corrected chi connectivity index (χ4v) is 3.06. The van der Waals surface area contributed by atoms with Crippen LogP contribution in [0.25, 0.3) is 11.3 Å². The molecule has 0 aliphatic heterocycles. The molecule has 3 rings (SSSR count). The smallest absolute Gasteiger partial charge is 0.411 e. The van der Waals surface area contributed by atoms with Crippen molar-refractivity contribution < 1.29 is 19.0 Å². The molecule has 0 radical (unpaired) electrons. The van der Waals surface area contributed by atoms with E-state index in [9.17, 15) is 9.59 Å². The first-order valence-corrected chi connectivity index (χ1v) is 10.4. The maximum absolute atomic E-state index is 12.4. The molecule has 1 N–H and O–H groups in total. The van der Waals surface area contributed by atoms with E-state index < -0.39 is 6.09 Å². The summed E-state index contributed by atoms with van der Waals surface area (Å²) in [5.74, 6) is 0.732. The van der Waals surface area contributed by atoms with Gasteiger partial charge in [-0.15, -0.1) is 0 Å². The Hall–Kier alpha value is -3.65. The predicted molar refractivity (Wildman–Crippen MR) is 122 cm³/mol. The Balaban J connectivity index is 1.75. The maximum atomic E-state index is 12.4. The van der Waals surface area contributed by atoms with E-state index in [1.807, 2.05) is 30.3 Å². The third-order valence-corrected chi connectivity index (χ3v) is 4.54. The van der Waals surface area contributed by atoms with E-state index in [0.717, 1.165) is 23.3 Å². The van der Waals surface area contributed by atoms with Gasteiger partial charge in [-0.05, 0) is 42.8 Å². The van der Waals surface area contributed by atoms with E-state index in [1.165, 1.54) is 10.7 Å². The van der Waals surface area contributed by atoms with Crippen molar-refractivity contribution in [3.05, 3.63) is 76.6 Å². The fraction of sp³-hybridized carbons (Fsp3) is 0.292. The highest BCUT2D eigenvalue weighted by Gasteiger charge is 2.08. The highest BCUT2D eigenvalue weighted by Crippen LogP contribution is 2.22. The predicted octanol–water partition coefficient (Wildman–Crippen LogP) is 3.94. The van der Waals surface area contributed by atoms with Gasteiger partial charge in [-0.1, -0.05) is 24.3 Å². The van der Waals surface area contributed by atoms with Crippen LogP contribution in [0.3, 0.4) is 0 Å². The zero-order chi connectivity index (χ0) is 22.8. The number of nitrogens with zero attached hydrogens (tertiary/aromatic N) is 2. The normalized spacial score (nSPS) is 10.6. The largest absolute Gasteiger partial charge is 0.493 e. The maximum Gasteiger partial charge on any atom is 0.411 e. The molecule has 0 saturated heterocycles. The van der Waals surface area contributed by atoms with Crippen LogP contribution in [-0.2, 0) is 16.0 Å². The average molecular weight is 437 g/mol. The number of amides is 1. The van der Waals surface area contributed by atoms with Crippen LogP contribution in [0.2, 0.25) is 0 Å². The summed E-state index contributed by atoms with van der Waals surface area (Å²) in [5.41, 5.74) is 2.70. The molecule has 1 aromatic heterocycles. The Bertz CT molecular complexity index is 1100. The van der Waals surface area contributed by atoms with Crippen LogP contribution >= 0.6 is 0 Å². The number of benzene rings is 2. The zero-order valence-electron chi connectivity index (χ0n) is 18.2. The van der Waals surface area contributed by atoms with E-state index in [-0.39, 0.29) is 18.7 Å². The lowest BCUT2D eigenvalue weighted by Gasteiger charge is -2.11. The molecule has 8 nitrogen and oxygen atoms in total. The Labute approximate surface area is 186 Å². The van der Waals surface area contributed by atoms with Crippen molar-refractivity contribution in [1.82, 2.24) is 9.78 Å². The van der Waals surface area contributed by atoms with Crippen LogP contribution in [0.1, 0.15) is 18.9 Å². The molecule has 32 heavy (non-hydrogen) atoms. The lowest BCUT2D eigenvalue weighted by Crippen LogP contribution is -2.23. The number of nitrogens with one attached hydrogen (secondary N) is 1. The number of ether oxygens (including phenoxy) is 3. The fourth-order valence-electron chi connectivity index (χ4n) is 3.06. The Morgan fingerprint density at radius 2 is 1.91 bits per heavy atom. The van der Waals surface area contributed by atoms with Gasteiger partial charge in [0.15, 0.2) is 0 Å². The summed E-state index contributed by atoms with van der Waals surface area (Å²) in [6.07, 6.45) is 0.278. The number of hydrogen-bond donors (Lipinski definition) is 1. The molecule has 0 fully saturated rings.